The minimum absolute atomic E-state index is 0.462. The Morgan fingerprint density at radius 3 is 2.58 bits per heavy atom. The van der Waals surface area contributed by atoms with Crippen LogP contribution >= 0.6 is 0 Å². The van der Waals surface area contributed by atoms with Crippen LogP contribution in [0.4, 0.5) is 0 Å². The molecule has 3 nitrogen and oxygen atoms in total. The lowest BCUT2D eigenvalue weighted by molar-refractivity contribution is -0.154. The predicted octanol–water partition coefficient (Wildman–Crippen LogP) is 2.21. The van der Waals surface area contributed by atoms with E-state index in [9.17, 15) is 9.59 Å². The van der Waals surface area contributed by atoms with E-state index in [1.807, 2.05) is 0 Å². The molecule has 0 spiro atoms. The number of ketones is 1. The molecule has 0 aromatic rings. The SMILES string of the molecule is CC(=O)C(=O)OCC1CC2CC1C1C3C=CC(C3)C21. The number of ether oxygens (including phenoxy) is 1. The summed E-state index contributed by atoms with van der Waals surface area (Å²) in [5.74, 6) is 4.32. The monoisotopic (exact) mass is 260 g/mol. The number of allylic oxidation sites excluding steroid dienone is 2. The third-order valence-electron chi connectivity index (χ3n) is 6.12. The second kappa shape index (κ2) is 3.94. The second-order valence-electron chi connectivity index (χ2n) is 6.91. The number of carbonyl (C=O) groups excluding carboxylic acids is 2. The van der Waals surface area contributed by atoms with Gasteiger partial charge in [-0.25, -0.2) is 4.79 Å². The van der Waals surface area contributed by atoms with Crippen LogP contribution < -0.4 is 0 Å². The molecule has 102 valence electrons. The van der Waals surface area contributed by atoms with Crippen molar-refractivity contribution < 1.29 is 14.3 Å². The molecule has 4 aliphatic carbocycles. The van der Waals surface area contributed by atoms with E-state index in [1.165, 1.54) is 26.2 Å². The number of fused-ring (bicyclic) bond motifs is 9. The molecule has 0 radical (unpaired) electrons. The fourth-order valence-corrected chi connectivity index (χ4v) is 5.63. The maximum Gasteiger partial charge on any atom is 0.374 e. The van der Waals surface area contributed by atoms with Gasteiger partial charge in [-0.2, -0.15) is 0 Å². The molecule has 4 aliphatic rings. The highest BCUT2D eigenvalue weighted by Crippen LogP contribution is 2.66. The lowest BCUT2D eigenvalue weighted by Crippen LogP contribution is -2.33. The lowest BCUT2D eigenvalue weighted by atomic mass is 9.69. The van der Waals surface area contributed by atoms with Gasteiger partial charge < -0.3 is 4.74 Å². The van der Waals surface area contributed by atoms with Crippen molar-refractivity contribution in [2.24, 2.45) is 41.4 Å². The van der Waals surface area contributed by atoms with Gasteiger partial charge in [0.1, 0.15) is 0 Å². The average Bonchev–Trinajstić information content (AvgIpc) is 3.12. The van der Waals surface area contributed by atoms with E-state index in [1.54, 1.807) is 0 Å². The van der Waals surface area contributed by atoms with Crippen LogP contribution in [0.25, 0.3) is 0 Å². The van der Waals surface area contributed by atoms with Crippen molar-refractivity contribution in [2.75, 3.05) is 6.61 Å². The van der Waals surface area contributed by atoms with Gasteiger partial charge in [0, 0.05) is 6.92 Å². The van der Waals surface area contributed by atoms with Crippen molar-refractivity contribution in [3.63, 3.8) is 0 Å². The van der Waals surface area contributed by atoms with Crippen molar-refractivity contribution in [1.29, 1.82) is 0 Å². The summed E-state index contributed by atoms with van der Waals surface area (Å²) >= 11 is 0. The summed E-state index contributed by atoms with van der Waals surface area (Å²) in [4.78, 5) is 22.2. The zero-order valence-corrected chi connectivity index (χ0v) is 11.2. The maximum absolute atomic E-state index is 11.3. The molecule has 3 fully saturated rings. The third kappa shape index (κ3) is 1.56. The fraction of sp³-hybridized carbons (Fsp3) is 0.750. The highest BCUT2D eigenvalue weighted by Gasteiger charge is 2.60. The standard InChI is InChI=1S/C16H20O3/c1-8(17)16(18)19-7-12-5-11-6-13(12)15-10-3-2-9(4-10)14(11)15/h2-3,9-15H,4-7H2,1H3. The number of esters is 1. The molecule has 0 aliphatic heterocycles. The van der Waals surface area contributed by atoms with Gasteiger partial charge in [-0.1, -0.05) is 12.2 Å². The smallest absolute Gasteiger partial charge is 0.374 e. The van der Waals surface area contributed by atoms with Crippen LogP contribution in [0.1, 0.15) is 26.2 Å². The van der Waals surface area contributed by atoms with Gasteiger partial charge in [0.05, 0.1) is 6.61 Å². The zero-order valence-electron chi connectivity index (χ0n) is 11.2. The summed E-state index contributed by atoms with van der Waals surface area (Å²) in [5, 5.41) is 0. The van der Waals surface area contributed by atoms with Gasteiger partial charge in [0.15, 0.2) is 0 Å². The largest absolute Gasteiger partial charge is 0.460 e. The molecule has 0 heterocycles. The number of hydrogen-bond acceptors (Lipinski definition) is 3. The van der Waals surface area contributed by atoms with Crippen LogP contribution in [0.5, 0.6) is 0 Å². The molecule has 3 saturated carbocycles. The van der Waals surface area contributed by atoms with Crippen molar-refractivity contribution in [1.82, 2.24) is 0 Å². The first-order valence-electron chi connectivity index (χ1n) is 7.51. The summed E-state index contributed by atoms with van der Waals surface area (Å²) in [6.07, 6.45) is 8.76. The molecule has 3 heteroatoms. The Bertz CT molecular complexity index is 467. The molecule has 7 atom stereocenters. The third-order valence-corrected chi connectivity index (χ3v) is 6.12. The number of Topliss-reactive ketones (excluding diaryl/α,β-unsaturated/α-hetero) is 1. The topological polar surface area (TPSA) is 43.4 Å². The molecule has 4 bridgehead atoms. The van der Waals surface area contributed by atoms with Gasteiger partial charge in [-0.3, -0.25) is 4.79 Å². The number of hydrogen-bond donors (Lipinski definition) is 0. The van der Waals surface area contributed by atoms with Crippen LogP contribution in [0, 0.1) is 41.4 Å². The first-order chi connectivity index (χ1) is 9.15. The summed E-state index contributed by atoms with van der Waals surface area (Å²) in [7, 11) is 0. The second-order valence-corrected chi connectivity index (χ2v) is 6.91. The highest BCUT2D eigenvalue weighted by molar-refractivity contribution is 6.32. The Hall–Kier alpha value is -1.12. The first kappa shape index (κ1) is 11.7. The average molecular weight is 260 g/mol. The van der Waals surface area contributed by atoms with E-state index in [2.05, 4.69) is 12.2 Å². The van der Waals surface area contributed by atoms with Crippen LogP contribution in [0.15, 0.2) is 12.2 Å². The molecule has 0 N–H and O–H groups in total. The summed E-state index contributed by atoms with van der Waals surface area (Å²) in [6, 6.07) is 0. The van der Waals surface area contributed by atoms with E-state index in [0.717, 1.165) is 35.5 Å². The van der Waals surface area contributed by atoms with Crippen molar-refractivity contribution >= 4 is 11.8 Å². The fourth-order valence-electron chi connectivity index (χ4n) is 5.63. The number of carbonyl (C=O) groups is 2. The molecule has 0 saturated heterocycles. The van der Waals surface area contributed by atoms with Crippen LogP contribution in [-0.4, -0.2) is 18.4 Å². The van der Waals surface area contributed by atoms with Crippen molar-refractivity contribution in [2.45, 2.75) is 26.2 Å². The summed E-state index contributed by atoms with van der Waals surface area (Å²) in [5.41, 5.74) is 0. The zero-order chi connectivity index (χ0) is 13.1. The van der Waals surface area contributed by atoms with E-state index < -0.39 is 11.8 Å². The van der Waals surface area contributed by atoms with Crippen LogP contribution in [0.2, 0.25) is 0 Å². The van der Waals surface area contributed by atoms with Crippen molar-refractivity contribution in [3.05, 3.63) is 12.2 Å². The Labute approximate surface area is 113 Å². The molecule has 0 aromatic heterocycles. The Kier molecular flexibility index (Phi) is 2.42. The molecule has 0 amide bonds. The lowest BCUT2D eigenvalue weighted by Gasteiger charge is -2.36. The van der Waals surface area contributed by atoms with Gasteiger partial charge in [-0.15, -0.1) is 0 Å². The number of rotatable bonds is 3. The van der Waals surface area contributed by atoms with Gasteiger partial charge >= 0.3 is 5.97 Å². The Morgan fingerprint density at radius 2 is 1.84 bits per heavy atom. The Balaban J connectivity index is 1.44. The summed E-state index contributed by atoms with van der Waals surface area (Å²) in [6.45, 7) is 1.74. The molecule has 7 unspecified atom stereocenters. The highest BCUT2D eigenvalue weighted by atomic mass is 16.5. The van der Waals surface area contributed by atoms with Crippen LogP contribution in [0.3, 0.4) is 0 Å². The minimum atomic E-state index is -0.660. The summed E-state index contributed by atoms with van der Waals surface area (Å²) < 4.78 is 5.16. The van der Waals surface area contributed by atoms with Crippen molar-refractivity contribution in [3.8, 4) is 0 Å². The minimum Gasteiger partial charge on any atom is -0.460 e. The van der Waals surface area contributed by atoms with E-state index in [-0.39, 0.29) is 0 Å². The van der Waals surface area contributed by atoms with Crippen LogP contribution in [-0.2, 0) is 14.3 Å². The molecular weight excluding hydrogens is 240 g/mol. The van der Waals surface area contributed by atoms with Gasteiger partial charge in [0.25, 0.3) is 0 Å². The predicted molar refractivity (Wildman–Crippen MR) is 69.1 cm³/mol. The van der Waals surface area contributed by atoms with Gasteiger partial charge in [-0.05, 0) is 60.7 Å². The first-order valence-corrected chi connectivity index (χ1v) is 7.51. The van der Waals surface area contributed by atoms with Gasteiger partial charge in [0.2, 0.25) is 5.78 Å². The molecule has 19 heavy (non-hydrogen) atoms. The van der Waals surface area contributed by atoms with E-state index in [0.29, 0.717) is 12.5 Å². The maximum atomic E-state index is 11.3. The van der Waals surface area contributed by atoms with E-state index in [4.69, 9.17) is 4.74 Å². The van der Waals surface area contributed by atoms with E-state index >= 15 is 0 Å². The Morgan fingerprint density at radius 1 is 1.11 bits per heavy atom. The molecular formula is C16H20O3. The quantitative estimate of drug-likeness (QED) is 0.338. The molecule has 0 aromatic carbocycles. The molecule has 4 rings (SSSR count). The normalized spacial score (nSPS) is 48.6.